The van der Waals surface area contributed by atoms with E-state index in [9.17, 15) is 14.0 Å². The Kier molecular flexibility index (Phi) is 4.98. The third kappa shape index (κ3) is 4.37. The van der Waals surface area contributed by atoms with Gasteiger partial charge in [0.05, 0.1) is 12.2 Å². The van der Waals surface area contributed by atoms with Crippen molar-refractivity contribution < 1.29 is 28.2 Å². The molecule has 1 heterocycles. The highest BCUT2D eigenvalue weighted by molar-refractivity contribution is 5.97. The van der Waals surface area contributed by atoms with Crippen LogP contribution in [0.25, 0.3) is 0 Å². The molecule has 0 fully saturated rings. The van der Waals surface area contributed by atoms with E-state index >= 15 is 0 Å². The zero-order valence-corrected chi connectivity index (χ0v) is 13.1. The number of para-hydroxylation sites is 1. The van der Waals surface area contributed by atoms with E-state index in [1.165, 1.54) is 18.2 Å². The van der Waals surface area contributed by atoms with E-state index in [0.717, 1.165) is 0 Å². The summed E-state index contributed by atoms with van der Waals surface area (Å²) in [4.78, 5) is 23.4. The Morgan fingerprint density at radius 2 is 1.88 bits per heavy atom. The molecule has 2 aromatic rings. The molecule has 1 aliphatic heterocycles. The average Bonchev–Trinajstić information content (AvgIpc) is 3.07. The minimum Gasteiger partial charge on any atom is -0.484 e. The molecule has 0 unspecified atom stereocenters. The predicted octanol–water partition coefficient (Wildman–Crippen LogP) is 1.69. The monoisotopic (exact) mass is 346 g/mol. The highest BCUT2D eigenvalue weighted by Crippen LogP contribution is 2.34. The summed E-state index contributed by atoms with van der Waals surface area (Å²) in [7, 11) is 0. The molecule has 3 rings (SSSR count). The van der Waals surface area contributed by atoms with Crippen molar-refractivity contribution >= 4 is 17.5 Å². The maximum absolute atomic E-state index is 13.4. The fourth-order valence-corrected chi connectivity index (χ4v) is 2.13. The predicted molar refractivity (Wildman–Crippen MR) is 86.1 cm³/mol. The molecule has 0 saturated heterocycles. The van der Waals surface area contributed by atoms with Gasteiger partial charge in [-0.2, -0.15) is 0 Å². The third-order valence-electron chi connectivity index (χ3n) is 3.31. The van der Waals surface area contributed by atoms with Crippen LogP contribution >= 0.6 is 0 Å². The van der Waals surface area contributed by atoms with Crippen molar-refractivity contribution in [2.24, 2.45) is 0 Å². The molecular weight excluding hydrogens is 331 g/mol. The number of hydrogen-bond donors (Lipinski definition) is 2. The summed E-state index contributed by atoms with van der Waals surface area (Å²) in [5, 5.41) is 4.76. The number of carbonyl (C=O) groups is 2. The van der Waals surface area contributed by atoms with Crippen LogP contribution in [0.15, 0.2) is 42.5 Å². The summed E-state index contributed by atoms with van der Waals surface area (Å²) in [6.45, 7) is -0.440. The number of imide groups is 1. The zero-order valence-electron chi connectivity index (χ0n) is 13.1. The van der Waals surface area contributed by atoms with Crippen LogP contribution in [0.3, 0.4) is 0 Å². The van der Waals surface area contributed by atoms with Crippen molar-refractivity contribution in [2.45, 2.75) is 0 Å². The third-order valence-corrected chi connectivity index (χ3v) is 3.31. The van der Waals surface area contributed by atoms with Crippen LogP contribution in [0.4, 0.5) is 10.1 Å². The fraction of sp³-hybridized carbons (Fsp3) is 0.176. The van der Waals surface area contributed by atoms with Crippen molar-refractivity contribution in [2.75, 3.05) is 25.3 Å². The van der Waals surface area contributed by atoms with E-state index in [2.05, 4.69) is 10.6 Å². The van der Waals surface area contributed by atoms with E-state index in [0.29, 0.717) is 17.2 Å². The molecule has 0 aromatic heterocycles. The quantitative estimate of drug-likeness (QED) is 0.828. The van der Waals surface area contributed by atoms with E-state index in [1.807, 2.05) is 0 Å². The normalized spacial score (nSPS) is 11.7. The van der Waals surface area contributed by atoms with Crippen LogP contribution in [-0.2, 0) is 9.59 Å². The molecule has 25 heavy (non-hydrogen) atoms. The number of amides is 2. The van der Waals surface area contributed by atoms with E-state index in [1.54, 1.807) is 24.3 Å². The van der Waals surface area contributed by atoms with Gasteiger partial charge in [-0.1, -0.05) is 12.1 Å². The molecule has 2 aromatic carbocycles. The number of nitrogens with one attached hydrogen (secondary N) is 2. The van der Waals surface area contributed by atoms with Gasteiger partial charge >= 0.3 is 0 Å². The van der Waals surface area contributed by atoms with Gasteiger partial charge in [-0.25, -0.2) is 4.39 Å². The van der Waals surface area contributed by atoms with Crippen molar-refractivity contribution in [3.63, 3.8) is 0 Å². The van der Waals surface area contributed by atoms with Gasteiger partial charge in [0.2, 0.25) is 12.7 Å². The first-order chi connectivity index (χ1) is 12.1. The summed E-state index contributed by atoms with van der Waals surface area (Å²) in [5.74, 6) is -0.140. The lowest BCUT2D eigenvalue weighted by Crippen LogP contribution is -2.38. The molecule has 2 amide bonds. The highest BCUT2D eigenvalue weighted by Gasteiger charge is 2.15. The van der Waals surface area contributed by atoms with Gasteiger partial charge in [0, 0.05) is 6.07 Å². The molecule has 1 aliphatic rings. The number of ether oxygens (including phenoxy) is 3. The van der Waals surface area contributed by atoms with Gasteiger partial charge in [-0.05, 0) is 24.3 Å². The number of rotatable bonds is 6. The van der Waals surface area contributed by atoms with Crippen LogP contribution in [-0.4, -0.2) is 31.8 Å². The number of benzene rings is 2. The van der Waals surface area contributed by atoms with Gasteiger partial charge in [-0.15, -0.1) is 0 Å². The number of fused-ring (bicyclic) bond motifs is 1. The number of carbonyl (C=O) groups excluding carboxylic acids is 2. The maximum Gasteiger partial charge on any atom is 0.264 e. The van der Waals surface area contributed by atoms with Crippen LogP contribution in [0.2, 0.25) is 0 Å². The van der Waals surface area contributed by atoms with E-state index in [-0.39, 0.29) is 25.6 Å². The summed E-state index contributed by atoms with van der Waals surface area (Å²) >= 11 is 0. The maximum atomic E-state index is 13.4. The first-order valence-corrected chi connectivity index (χ1v) is 7.45. The van der Waals surface area contributed by atoms with Crippen molar-refractivity contribution in [1.82, 2.24) is 5.32 Å². The molecule has 2 N–H and O–H groups in total. The second kappa shape index (κ2) is 7.52. The molecule has 0 aliphatic carbocycles. The highest BCUT2D eigenvalue weighted by atomic mass is 19.1. The van der Waals surface area contributed by atoms with Crippen LogP contribution in [0.1, 0.15) is 0 Å². The Hall–Kier alpha value is -3.29. The number of hydrogen-bond acceptors (Lipinski definition) is 6. The zero-order chi connectivity index (χ0) is 17.6. The molecule has 0 atom stereocenters. The van der Waals surface area contributed by atoms with Gasteiger partial charge in [0.15, 0.2) is 18.1 Å². The lowest BCUT2D eigenvalue weighted by molar-refractivity contribution is -0.130. The molecular formula is C17H15FN2O5. The molecule has 0 spiro atoms. The molecule has 130 valence electrons. The second-order valence-electron chi connectivity index (χ2n) is 5.11. The Labute approximate surface area is 142 Å². The Morgan fingerprint density at radius 1 is 1.08 bits per heavy atom. The summed E-state index contributed by atoms with van der Waals surface area (Å²) in [5.41, 5.74) is 0.182. The van der Waals surface area contributed by atoms with E-state index in [4.69, 9.17) is 14.2 Å². The van der Waals surface area contributed by atoms with Gasteiger partial charge < -0.3 is 19.5 Å². The number of anilines is 1. The molecule has 0 bridgehead atoms. The van der Waals surface area contributed by atoms with Gasteiger partial charge in [0.25, 0.3) is 5.91 Å². The van der Waals surface area contributed by atoms with Crippen molar-refractivity contribution in [3.05, 3.63) is 48.3 Å². The van der Waals surface area contributed by atoms with Crippen LogP contribution < -0.4 is 24.8 Å². The first kappa shape index (κ1) is 16.6. The molecule has 7 nitrogen and oxygen atoms in total. The second-order valence-corrected chi connectivity index (χ2v) is 5.11. The SMILES string of the molecule is O=C(CNc1ccccc1F)NC(=O)COc1ccc2c(c1)OCO2. The minimum absolute atomic E-state index is 0.142. The number of halogens is 1. The smallest absolute Gasteiger partial charge is 0.264 e. The molecule has 8 heteroatoms. The van der Waals surface area contributed by atoms with Gasteiger partial charge in [-0.3, -0.25) is 14.9 Å². The Bertz CT molecular complexity index is 796. The van der Waals surface area contributed by atoms with Crippen LogP contribution in [0.5, 0.6) is 17.2 Å². The summed E-state index contributed by atoms with van der Waals surface area (Å²) < 4.78 is 29.1. The minimum atomic E-state index is -0.613. The van der Waals surface area contributed by atoms with Crippen molar-refractivity contribution in [3.8, 4) is 17.2 Å². The van der Waals surface area contributed by atoms with E-state index < -0.39 is 17.6 Å². The fourth-order valence-electron chi connectivity index (χ4n) is 2.13. The first-order valence-electron chi connectivity index (χ1n) is 7.45. The van der Waals surface area contributed by atoms with Crippen molar-refractivity contribution in [1.29, 1.82) is 0 Å². The summed E-state index contributed by atoms with van der Waals surface area (Å²) in [6, 6.07) is 10.8. The van der Waals surface area contributed by atoms with Gasteiger partial charge in [0.1, 0.15) is 11.6 Å². The Morgan fingerprint density at radius 3 is 2.72 bits per heavy atom. The molecule has 0 radical (unpaired) electrons. The lowest BCUT2D eigenvalue weighted by Gasteiger charge is -2.09. The standard InChI is InChI=1S/C17H15FN2O5/c18-12-3-1-2-4-13(12)19-8-16(21)20-17(22)9-23-11-5-6-14-15(7-11)25-10-24-14/h1-7,19H,8-10H2,(H,20,21,22). The lowest BCUT2D eigenvalue weighted by atomic mass is 10.3. The Balaban J connectivity index is 1.43. The largest absolute Gasteiger partial charge is 0.484 e. The topological polar surface area (TPSA) is 85.9 Å². The van der Waals surface area contributed by atoms with Crippen LogP contribution in [0, 0.1) is 5.82 Å². The molecule has 0 saturated carbocycles. The summed E-state index contributed by atoms with van der Waals surface area (Å²) in [6.07, 6.45) is 0. The average molecular weight is 346 g/mol.